The van der Waals surface area contributed by atoms with Gasteiger partial charge in [-0.3, -0.25) is 4.79 Å². The molecule has 3 rings (SSSR count). The molecule has 0 fully saturated rings. The molecule has 0 spiro atoms. The summed E-state index contributed by atoms with van der Waals surface area (Å²) < 4.78 is 10.6. The third-order valence-corrected chi connectivity index (χ3v) is 4.45. The first kappa shape index (κ1) is 18.0. The number of benzene rings is 2. The summed E-state index contributed by atoms with van der Waals surface area (Å²) in [5.74, 6) is -0.399. The van der Waals surface area contributed by atoms with Gasteiger partial charge >= 0.3 is 5.97 Å². The van der Waals surface area contributed by atoms with Gasteiger partial charge in [0, 0.05) is 0 Å². The Kier molecular flexibility index (Phi) is 5.89. The molecule has 1 aliphatic rings. The fourth-order valence-electron chi connectivity index (χ4n) is 3.27. The summed E-state index contributed by atoms with van der Waals surface area (Å²) in [7, 11) is 0. The van der Waals surface area contributed by atoms with Crippen LogP contribution in [-0.4, -0.2) is 25.1 Å². The molecule has 26 heavy (non-hydrogen) atoms. The van der Waals surface area contributed by atoms with Crippen LogP contribution >= 0.6 is 0 Å². The normalized spacial score (nSPS) is 15.7. The molecule has 0 unspecified atom stereocenters. The number of para-hydroxylation sites is 1. The highest BCUT2D eigenvalue weighted by Gasteiger charge is 2.22. The molecule has 2 aromatic carbocycles. The quantitative estimate of drug-likeness (QED) is 0.808. The van der Waals surface area contributed by atoms with Gasteiger partial charge in [-0.25, -0.2) is 4.79 Å². The zero-order valence-corrected chi connectivity index (χ0v) is 14.9. The minimum Gasteiger partial charge on any atom is -0.493 e. The van der Waals surface area contributed by atoms with Gasteiger partial charge < -0.3 is 14.8 Å². The second-order valence-electron chi connectivity index (χ2n) is 6.22. The first-order chi connectivity index (χ1) is 12.7. The van der Waals surface area contributed by atoms with E-state index in [2.05, 4.69) is 11.4 Å². The van der Waals surface area contributed by atoms with E-state index in [0.717, 1.165) is 24.8 Å². The van der Waals surface area contributed by atoms with E-state index in [1.807, 2.05) is 25.1 Å². The number of carbonyl (C=O) groups excluding carboxylic acids is 2. The molecule has 0 saturated carbocycles. The Morgan fingerprint density at radius 3 is 2.73 bits per heavy atom. The molecule has 0 aromatic heterocycles. The van der Waals surface area contributed by atoms with E-state index in [9.17, 15) is 9.59 Å². The predicted octanol–water partition coefficient (Wildman–Crippen LogP) is 3.44. The Labute approximate surface area is 153 Å². The maximum atomic E-state index is 12.3. The van der Waals surface area contributed by atoms with Crippen molar-refractivity contribution in [2.24, 2.45) is 0 Å². The molecule has 0 bridgehead atoms. The lowest BCUT2D eigenvalue weighted by molar-refractivity contribution is -0.125. The fourth-order valence-corrected chi connectivity index (χ4v) is 3.27. The maximum absolute atomic E-state index is 12.3. The SMILES string of the molecule is CCOc1ccccc1C(=O)OCC(=O)N[C@@H]1CCCc2ccccc21. The van der Waals surface area contributed by atoms with Crippen molar-refractivity contribution in [2.45, 2.75) is 32.2 Å². The molecule has 0 saturated heterocycles. The number of rotatable bonds is 6. The van der Waals surface area contributed by atoms with Crippen LogP contribution in [0.2, 0.25) is 0 Å². The number of amides is 1. The van der Waals surface area contributed by atoms with Crippen LogP contribution in [-0.2, 0) is 16.0 Å². The smallest absolute Gasteiger partial charge is 0.342 e. The molecule has 0 aliphatic heterocycles. The Morgan fingerprint density at radius 1 is 1.12 bits per heavy atom. The molecule has 1 amide bonds. The number of carbonyl (C=O) groups is 2. The standard InChI is InChI=1S/C21H23NO4/c1-2-25-19-13-6-5-11-17(19)21(24)26-14-20(23)22-18-12-7-9-15-8-3-4-10-16(15)18/h3-6,8,10-11,13,18H,2,7,9,12,14H2,1H3,(H,22,23)/t18-/m1/s1. The number of hydrogen-bond donors (Lipinski definition) is 1. The van der Waals surface area contributed by atoms with E-state index in [-0.39, 0.29) is 18.6 Å². The van der Waals surface area contributed by atoms with Crippen LogP contribution in [0.25, 0.3) is 0 Å². The second kappa shape index (κ2) is 8.52. The highest BCUT2D eigenvalue weighted by molar-refractivity contribution is 5.94. The van der Waals surface area contributed by atoms with Crippen molar-refractivity contribution < 1.29 is 19.1 Å². The van der Waals surface area contributed by atoms with Crippen LogP contribution in [0, 0.1) is 0 Å². The van der Waals surface area contributed by atoms with E-state index >= 15 is 0 Å². The van der Waals surface area contributed by atoms with E-state index in [0.29, 0.717) is 17.9 Å². The molecule has 0 heterocycles. The highest BCUT2D eigenvalue weighted by Crippen LogP contribution is 2.29. The first-order valence-electron chi connectivity index (χ1n) is 8.95. The summed E-state index contributed by atoms with van der Waals surface area (Å²) in [5.41, 5.74) is 2.75. The van der Waals surface area contributed by atoms with Crippen molar-refractivity contribution in [1.29, 1.82) is 0 Å². The molecule has 5 nitrogen and oxygen atoms in total. The number of ether oxygens (including phenoxy) is 2. The van der Waals surface area contributed by atoms with Gasteiger partial charge in [0.25, 0.3) is 5.91 Å². The molecule has 1 aliphatic carbocycles. The predicted molar refractivity (Wildman–Crippen MR) is 98.2 cm³/mol. The van der Waals surface area contributed by atoms with E-state index in [1.165, 1.54) is 5.56 Å². The number of esters is 1. The van der Waals surface area contributed by atoms with E-state index in [4.69, 9.17) is 9.47 Å². The molecule has 1 N–H and O–H groups in total. The zero-order valence-electron chi connectivity index (χ0n) is 14.9. The van der Waals surface area contributed by atoms with Crippen LogP contribution in [0.5, 0.6) is 5.75 Å². The van der Waals surface area contributed by atoms with Gasteiger partial charge in [-0.15, -0.1) is 0 Å². The van der Waals surface area contributed by atoms with Crippen molar-refractivity contribution in [3.8, 4) is 5.75 Å². The minimum absolute atomic E-state index is 0.0261. The summed E-state index contributed by atoms with van der Waals surface area (Å²) in [4.78, 5) is 24.5. The molecule has 136 valence electrons. The lowest BCUT2D eigenvalue weighted by Crippen LogP contribution is -2.34. The van der Waals surface area contributed by atoms with Crippen molar-refractivity contribution in [1.82, 2.24) is 5.32 Å². The van der Waals surface area contributed by atoms with Crippen LogP contribution in [0.3, 0.4) is 0 Å². The Hall–Kier alpha value is -2.82. The Morgan fingerprint density at radius 2 is 1.88 bits per heavy atom. The average Bonchev–Trinajstić information content (AvgIpc) is 2.67. The highest BCUT2D eigenvalue weighted by atomic mass is 16.5. The van der Waals surface area contributed by atoms with Gasteiger partial charge in [0.05, 0.1) is 12.6 Å². The third kappa shape index (κ3) is 4.23. The van der Waals surface area contributed by atoms with Crippen LogP contribution in [0.15, 0.2) is 48.5 Å². The lowest BCUT2D eigenvalue weighted by atomic mass is 9.88. The molecule has 1 atom stereocenters. The first-order valence-corrected chi connectivity index (χ1v) is 8.95. The van der Waals surface area contributed by atoms with Crippen LogP contribution in [0.1, 0.15) is 47.3 Å². The lowest BCUT2D eigenvalue weighted by Gasteiger charge is -2.26. The van der Waals surface area contributed by atoms with Gasteiger partial charge in [0.15, 0.2) is 6.61 Å². The Bertz CT molecular complexity index is 787. The van der Waals surface area contributed by atoms with Crippen molar-refractivity contribution in [3.63, 3.8) is 0 Å². The number of nitrogens with one attached hydrogen (secondary N) is 1. The van der Waals surface area contributed by atoms with Gasteiger partial charge in [0.2, 0.25) is 0 Å². The van der Waals surface area contributed by atoms with E-state index in [1.54, 1.807) is 24.3 Å². The number of fused-ring (bicyclic) bond motifs is 1. The van der Waals surface area contributed by atoms with Gasteiger partial charge in [-0.05, 0) is 49.4 Å². The van der Waals surface area contributed by atoms with Crippen molar-refractivity contribution in [2.75, 3.05) is 13.2 Å². The molecular formula is C21H23NO4. The van der Waals surface area contributed by atoms with Crippen molar-refractivity contribution in [3.05, 3.63) is 65.2 Å². The average molecular weight is 353 g/mol. The van der Waals surface area contributed by atoms with Gasteiger partial charge in [-0.2, -0.15) is 0 Å². The summed E-state index contributed by atoms with van der Waals surface area (Å²) in [6, 6.07) is 15.0. The zero-order chi connectivity index (χ0) is 18.4. The maximum Gasteiger partial charge on any atom is 0.342 e. The minimum atomic E-state index is -0.562. The number of hydrogen-bond acceptors (Lipinski definition) is 4. The third-order valence-electron chi connectivity index (χ3n) is 4.45. The molecule has 5 heteroatoms. The van der Waals surface area contributed by atoms with Crippen LogP contribution < -0.4 is 10.1 Å². The Balaban J connectivity index is 1.58. The summed E-state index contributed by atoms with van der Waals surface area (Å²) in [6.07, 6.45) is 2.96. The molecular weight excluding hydrogens is 330 g/mol. The summed E-state index contributed by atoms with van der Waals surface area (Å²) >= 11 is 0. The molecule has 0 radical (unpaired) electrons. The van der Waals surface area contributed by atoms with E-state index < -0.39 is 5.97 Å². The second-order valence-corrected chi connectivity index (χ2v) is 6.22. The van der Waals surface area contributed by atoms with Gasteiger partial charge in [0.1, 0.15) is 11.3 Å². The largest absolute Gasteiger partial charge is 0.493 e. The molecule has 2 aromatic rings. The van der Waals surface area contributed by atoms with Crippen molar-refractivity contribution >= 4 is 11.9 Å². The monoisotopic (exact) mass is 353 g/mol. The summed E-state index contributed by atoms with van der Waals surface area (Å²) in [6.45, 7) is 1.99. The van der Waals surface area contributed by atoms with Crippen LogP contribution in [0.4, 0.5) is 0 Å². The van der Waals surface area contributed by atoms with Gasteiger partial charge in [-0.1, -0.05) is 36.4 Å². The number of aryl methyl sites for hydroxylation is 1. The fraction of sp³-hybridized carbons (Fsp3) is 0.333. The topological polar surface area (TPSA) is 64.6 Å². The summed E-state index contributed by atoms with van der Waals surface area (Å²) in [5, 5.41) is 2.97.